The Kier molecular flexibility index (Phi) is 4.91. The van der Waals surface area contributed by atoms with E-state index >= 15 is 0 Å². The number of hydrogen-bond acceptors (Lipinski definition) is 5. The van der Waals surface area contributed by atoms with Crippen molar-refractivity contribution in [2.75, 3.05) is 0 Å². The highest BCUT2D eigenvalue weighted by Crippen LogP contribution is 2.17. The van der Waals surface area contributed by atoms with Gasteiger partial charge in [0.05, 0.1) is 4.92 Å². The maximum Gasteiger partial charge on any atom is 0.352 e. The quantitative estimate of drug-likeness (QED) is 0.467. The van der Waals surface area contributed by atoms with E-state index in [1.807, 2.05) is 0 Å². The number of hydrogen-bond donors (Lipinski definition) is 2. The summed E-state index contributed by atoms with van der Waals surface area (Å²) in [4.78, 5) is 33.3. The van der Waals surface area contributed by atoms with Crippen LogP contribution in [-0.2, 0) is 4.79 Å². The van der Waals surface area contributed by atoms with Crippen molar-refractivity contribution < 1.29 is 24.0 Å². The fourth-order valence-electron chi connectivity index (χ4n) is 1.67. The molecule has 0 aliphatic heterocycles. The number of rotatable bonds is 5. The molecule has 0 saturated carbocycles. The first-order valence-electron chi connectivity index (χ1n) is 6.13. The van der Waals surface area contributed by atoms with E-state index in [9.17, 15) is 19.7 Å². The van der Waals surface area contributed by atoms with E-state index in [-0.39, 0.29) is 17.0 Å². The number of carboxylic acids is 1. The van der Waals surface area contributed by atoms with Crippen molar-refractivity contribution >= 4 is 39.6 Å². The van der Waals surface area contributed by atoms with Crippen LogP contribution in [-0.4, -0.2) is 21.9 Å². The molecule has 1 amide bonds. The molecule has 1 aromatic heterocycles. The lowest BCUT2D eigenvalue weighted by molar-refractivity contribution is -0.384. The van der Waals surface area contributed by atoms with Crippen molar-refractivity contribution in [3.63, 3.8) is 0 Å². The Balaban J connectivity index is 2.27. The minimum Gasteiger partial charge on any atom is -0.477 e. The normalized spacial score (nSPS) is 11.1. The molecule has 1 aromatic carbocycles. The second kappa shape index (κ2) is 6.88. The molecular formula is C14H9BrN2O6. The summed E-state index contributed by atoms with van der Waals surface area (Å²) in [5, 5.41) is 22.1. The van der Waals surface area contributed by atoms with Crippen LogP contribution in [0.25, 0.3) is 6.08 Å². The summed E-state index contributed by atoms with van der Waals surface area (Å²) >= 11 is 3.03. The Morgan fingerprint density at radius 2 is 2.04 bits per heavy atom. The fourth-order valence-corrected chi connectivity index (χ4v) is 1.97. The zero-order valence-corrected chi connectivity index (χ0v) is 12.9. The standard InChI is InChI=1S/C14H9BrN2O6/c15-12-5-4-11(23-12)13(18)16-10(14(19)20)7-8-2-1-3-9(6-8)17(21)22/h1-7H,(H,16,18)(H,19,20). The molecule has 0 bridgehead atoms. The Labute approximate surface area is 137 Å². The van der Waals surface area contributed by atoms with Gasteiger partial charge in [0.15, 0.2) is 10.4 Å². The third-order valence-corrected chi connectivity index (χ3v) is 3.09. The summed E-state index contributed by atoms with van der Waals surface area (Å²) in [6.07, 6.45) is 1.12. The van der Waals surface area contributed by atoms with Gasteiger partial charge in [-0.2, -0.15) is 0 Å². The number of halogens is 1. The molecule has 9 heteroatoms. The maximum atomic E-state index is 11.9. The van der Waals surface area contributed by atoms with Gasteiger partial charge in [0.1, 0.15) is 5.70 Å². The van der Waals surface area contributed by atoms with Crippen LogP contribution in [0.3, 0.4) is 0 Å². The average Bonchev–Trinajstić information content (AvgIpc) is 2.93. The fraction of sp³-hybridized carbons (Fsp3) is 0. The smallest absolute Gasteiger partial charge is 0.352 e. The van der Waals surface area contributed by atoms with Crippen molar-refractivity contribution in [3.05, 3.63) is 68.2 Å². The van der Waals surface area contributed by atoms with Gasteiger partial charge in [-0.15, -0.1) is 0 Å². The minimum atomic E-state index is -1.39. The number of nitro benzene ring substituents is 1. The lowest BCUT2D eigenvalue weighted by atomic mass is 10.1. The molecular weight excluding hydrogens is 372 g/mol. The second-order valence-electron chi connectivity index (χ2n) is 4.27. The van der Waals surface area contributed by atoms with E-state index in [1.54, 1.807) is 0 Å². The summed E-state index contributed by atoms with van der Waals surface area (Å²) in [6, 6.07) is 8.21. The number of carbonyl (C=O) groups excluding carboxylic acids is 1. The molecule has 2 rings (SSSR count). The maximum absolute atomic E-state index is 11.9. The number of non-ortho nitro benzene ring substituents is 1. The molecule has 0 spiro atoms. The van der Waals surface area contributed by atoms with E-state index in [0.29, 0.717) is 4.67 Å². The highest BCUT2D eigenvalue weighted by molar-refractivity contribution is 9.10. The van der Waals surface area contributed by atoms with Crippen molar-refractivity contribution in [1.82, 2.24) is 5.32 Å². The lowest BCUT2D eigenvalue weighted by Gasteiger charge is -2.04. The Bertz CT molecular complexity index is 811. The average molecular weight is 381 g/mol. The largest absolute Gasteiger partial charge is 0.477 e. The van der Waals surface area contributed by atoms with Crippen molar-refractivity contribution in [3.8, 4) is 0 Å². The van der Waals surface area contributed by atoms with Crippen LogP contribution in [0.15, 0.2) is 51.2 Å². The van der Waals surface area contributed by atoms with Crippen LogP contribution < -0.4 is 5.32 Å². The molecule has 118 valence electrons. The second-order valence-corrected chi connectivity index (χ2v) is 5.05. The first-order valence-corrected chi connectivity index (χ1v) is 6.92. The predicted octanol–water partition coefficient (Wildman–Crippen LogP) is 2.81. The van der Waals surface area contributed by atoms with Crippen LogP contribution >= 0.6 is 15.9 Å². The van der Waals surface area contributed by atoms with Gasteiger partial charge in [-0.05, 0) is 39.7 Å². The first kappa shape index (κ1) is 16.4. The van der Waals surface area contributed by atoms with Crippen molar-refractivity contribution in [1.29, 1.82) is 0 Å². The third kappa shape index (κ3) is 4.27. The number of nitrogens with zero attached hydrogens (tertiary/aromatic N) is 1. The van der Waals surface area contributed by atoms with Gasteiger partial charge in [0.2, 0.25) is 0 Å². The Morgan fingerprint density at radius 3 is 2.61 bits per heavy atom. The van der Waals surface area contributed by atoms with E-state index in [2.05, 4.69) is 21.2 Å². The number of aliphatic carboxylic acids is 1. The molecule has 0 unspecified atom stereocenters. The Hall–Kier alpha value is -2.94. The molecule has 0 radical (unpaired) electrons. The molecule has 0 aliphatic rings. The summed E-state index contributed by atoms with van der Waals surface area (Å²) < 4.78 is 5.34. The molecule has 0 saturated heterocycles. The molecule has 23 heavy (non-hydrogen) atoms. The van der Waals surface area contributed by atoms with Crippen molar-refractivity contribution in [2.45, 2.75) is 0 Å². The van der Waals surface area contributed by atoms with E-state index in [1.165, 1.54) is 36.4 Å². The molecule has 1 heterocycles. The van der Waals surface area contributed by atoms with E-state index < -0.39 is 22.5 Å². The number of carbonyl (C=O) groups is 2. The van der Waals surface area contributed by atoms with E-state index in [0.717, 1.165) is 6.08 Å². The number of furan rings is 1. The third-order valence-electron chi connectivity index (χ3n) is 2.67. The number of carboxylic acid groups (broad SMARTS) is 1. The summed E-state index contributed by atoms with van der Waals surface area (Å²) in [7, 11) is 0. The van der Waals surface area contributed by atoms with Crippen LogP contribution in [0.5, 0.6) is 0 Å². The van der Waals surface area contributed by atoms with Crippen LogP contribution in [0, 0.1) is 10.1 Å². The number of nitro groups is 1. The summed E-state index contributed by atoms with van der Waals surface area (Å²) in [6.45, 7) is 0. The summed E-state index contributed by atoms with van der Waals surface area (Å²) in [5.74, 6) is -2.23. The number of benzene rings is 1. The van der Waals surface area contributed by atoms with Gasteiger partial charge in [-0.3, -0.25) is 14.9 Å². The lowest BCUT2D eigenvalue weighted by Crippen LogP contribution is -2.26. The van der Waals surface area contributed by atoms with Gasteiger partial charge in [0, 0.05) is 12.1 Å². The minimum absolute atomic E-state index is 0.0805. The first-order chi connectivity index (χ1) is 10.9. The van der Waals surface area contributed by atoms with Gasteiger partial charge >= 0.3 is 5.97 Å². The zero-order chi connectivity index (χ0) is 17.0. The highest BCUT2D eigenvalue weighted by Gasteiger charge is 2.16. The molecule has 2 aromatic rings. The molecule has 2 N–H and O–H groups in total. The Morgan fingerprint density at radius 1 is 1.30 bits per heavy atom. The van der Waals surface area contributed by atoms with Crippen LogP contribution in [0.4, 0.5) is 5.69 Å². The van der Waals surface area contributed by atoms with Crippen LogP contribution in [0.1, 0.15) is 16.1 Å². The number of nitrogens with one attached hydrogen (secondary N) is 1. The SMILES string of the molecule is O=C(O)C(=Cc1cccc([N+](=O)[O-])c1)NC(=O)c1ccc(Br)o1. The molecule has 0 atom stereocenters. The monoisotopic (exact) mass is 380 g/mol. The van der Waals surface area contributed by atoms with Crippen molar-refractivity contribution in [2.24, 2.45) is 0 Å². The topological polar surface area (TPSA) is 123 Å². The summed E-state index contributed by atoms with van der Waals surface area (Å²) in [5.41, 5.74) is -0.370. The highest BCUT2D eigenvalue weighted by atomic mass is 79.9. The van der Waals surface area contributed by atoms with E-state index in [4.69, 9.17) is 9.52 Å². The molecule has 0 fully saturated rings. The molecule has 8 nitrogen and oxygen atoms in total. The zero-order valence-electron chi connectivity index (χ0n) is 11.4. The van der Waals surface area contributed by atoms with Gasteiger partial charge < -0.3 is 14.8 Å². The van der Waals surface area contributed by atoms with Crippen LogP contribution in [0.2, 0.25) is 0 Å². The predicted molar refractivity (Wildman–Crippen MR) is 82.6 cm³/mol. The number of amides is 1. The van der Waals surface area contributed by atoms with Gasteiger partial charge in [0.25, 0.3) is 11.6 Å². The molecule has 0 aliphatic carbocycles. The van der Waals surface area contributed by atoms with Gasteiger partial charge in [-0.25, -0.2) is 4.79 Å². The van der Waals surface area contributed by atoms with Gasteiger partial charge in [-0.1, -0.05) is 12.1 Å².